The van der Waals surface area contributed by atoms with Crippen molar-refractivity contribution in [1.29, 1.82) is 0 Å². The van der Waals surface area contributed by atoms with Gasteiger partial charge in [-0.1, -0.05) is 37.3 Å². The van der Waals surface area contributed by atoms with Gasteiger partial charge in [-0.3, -0.25) is 4.79 Å². The Morgan fingerprint density at radius 1 is 0.871 bits per heavy atom. The minimum absolute atomic E-state index is 0.218. The lowest BCUT2D eigenvalue weighted by Crippen LogP contribution is -2.13. The molecule has 31 heavy (non-hydrogen) atoms. The van der Waals surface area contributed by atoms with Crippen LogP contribution in [-0.4, -0.2) is 27.2 Å². The summed E-state index contributed by atoms with van der Waals surface area (Å²) < 4.78 is 16.0. The highest BCUT2D eigenvalue weighted by atomic mass is 16.5. The molecule has 1 amide bonds. The lowest BCUT2D eigenvalue weighted by atomic mass is 10.1. The monoisotopic (exact) mass is 420 g/mol. The molecule has 3 aromatic rings. The molecule has 0 aliphatic rings. The summed E-state index contributed by atoms with van der Waals surface area (Å²) in [7, 11) is 4.61. The molecule has 0 radical (unpaired) electrons. The van der Waals surface area contributed by atoms with Crippen LogP contribution >= 0.6 is 0 Å². The Bertz CT molecular complexity index is 1020. The number of amides is 1. The number of benzene rings is 3. The zero-order valence-electron chi connectivity index (χ0n) is 18.3. The predicted octanol–water partition coefficient (Wildman–Crippen LogP) is 5.14. The summed E-state index contributed by atoms with van der Waals surface area (Å²) in [4.78, 5) is 12.9. The number of rotatable bonds is 9. The zero-order valence-corrected chi connectivity index (χ0v) is 18.3. The summed E-state index contributed by atoms with van der Waals surface area (Å²) >= 11 is 0. The summed E-state index contributed by atoms with van der Waals surface area (Å²) in [6.07, 6.45) is 0.959. The van der Waals surface area contributed by atoms with Crippen LogP contribution in [0.3, 0.4) is 0 Å². The number of carbonyl (C=O) groups is 1. The van der Waals surface area contributed by atoms with Crippen molar-refractivity contribution < 1.29 is 19.0 Å². The minimum Gasteiger partial charge on any atom is -0.493 e. The first-order valence-corrected chi connectivity index (χ1v) is 10.1. The molecule has 3 aromatic carbocycles. The highest BCUT2D eigenvalue weighted by Gasteiger charge is 2.15. The van der Waals surface area contributed by atoms with Crippen LogP contribution in [0.1, 0.15) is 28.4 Å². The van der Waals surface area contributed by atoms with Crippen LogP contribution in [0, 0.1) is 0 Å². The molecule has 3 rings (SSSR count). The van der Waals surface area contributed by atoms with E-state index in [0.29, 0.717) is 35.0 Å². The molecule has 0 unspecified atom stereocenters. The number of hydrogen-bond donors (Lipinski definition) is 2. The van der Waals surface area contributed by atoms with Crippen molar-refractivity contribution in [1.82, 2.24) is 0 Å². The van der Waals surface area contributed by atoms with Crippen molar-refractivity contribution in [3.63, 3.8) is 0 Å². The minimum atomic E-state index is -0.218. The number of anilines is 2. The third-order valence-corrected chi connectivity index (χ3v) is 4.99. The van der Waals surface area contributed by atoms with Crippen molar-refractivity contribution in [3.8, 4) is 17.2 Å². The normalized spacial score (nSPS) is 10.3. The molecule has 0 spiro atoms. The molecule has 6 heteroatoms. The summed E-state index contributed by atoms with van der Waals surface area (Å²) in [5.41, 5.74) is 4.51. The topological polar surface area (TPSA) is 68.8 Å². The number of nitrogens with one attached hydrogen (secondary N) is 2. The Balaban J connectivity index is 1.74. The lowest BCUT2D eigenvalue weighted by Gasteiger charge is -2.15. The number of methoxy groups -OCH3 is 3. The lowest BCUT2D eigenvalue weighted by molar-refractivity contribution is 0.102. The molecule has 0 fully saturated rings. The number of carbonyl (C=O) groups excluding carboxylic acids is 1. The standard InChI is InChI=1S/C25H28N2O4/c1-5-18-10-6-7-12-21(18)26-16-17-9-8-11-19(13-17)25(28)27-20-14-22(29-2)24(31-4)23(15-20)30-3/h6-15,26H,5,16H2,1-4H3,(H,27,28). The fourth-order valence-corrected chi connectivity index (χ4v) is 3.38. The van der Waals surface area contributed by atoms with Crippen LogP contribution in [0.15, 0.2) is 60.7 Å². The Morgan fingerprint density at radius 3 is 2.23 bits per heavy atom. The SMILES string of the molecule is CCc1ccccc1NCc1cccc(C(=O)Nc2cc(OC)c(OC)c(OC)c2)c1. The van der Waals surface area contributed by atoms with Crippen LogP contribution in [0.4, 0.5) is 11.4 Å². The first-order chi connectivity index (χ1) is 15.1. The Hall–Kier alpha value is -3.67. The average molecular weight is 421 g/mol. The van der Waals surface area contributed by atoms with Gasteiger partial charge < -0.3 is 24.8 Å². The molecule has 0 atom stereocenters. The average Bonchev–Trinajstić information content (AvgIpc) is 2.82. The van der Waals surface area contributed by atoms with E-state index in [2.05, 4.69) is 29.7 Å². The van der Waals surface area contributed by atoms with Gasteiger partial charge in [0.25, 0.3) is 5.91 Å². The summed E-state index contributed by atoms with van der Waals surface area (Å²) in [5, 5.41) is 6.36. The predicted molar refractivity (Wildman–Crippen MR) is 124 cm³/mol. The van der Waals surface area contributed by atoms with Gasteiger partial charge in [0.15, 0.2) is 11.5 Å². The van der Waals surface area contributed by atoms with Crippen molar-refractivity contribution in [3.05, 3.63) is 77.4 Å². The quantitative estimate of drug-likeness (QED) is 0.502. The zero-order chi connectivity index (χ0) is 22.2. The molecule has 0 aromatic heterocycles. The van der Waals surface area contributed by atoms with E-state index in [-0.39, 0.29) is 5.91 Å². The van der Waals surface area contributed by atoms with Crippen molar-refractivity contribution in [2.75, 3.05) is 32.0 Å². The molecule has 0 saturated carbocycles. The van der Waals surface area contributed by atoms with Crippen molar-refractivity contribution >= 4 is 17.3 Å². The molecular formula is C25H28N2O4. The van der Waals surface area contributed by atoms with Crippen LogP contribution in [0.5, 0.6) is 17.2 Å². The van der Waals surface area contributed by atoms with Gasteiger partial charge in [0.2, 0.25) is 5.75 Å². The van der Waals surface area contributed by atoms with E-state index in [9.17, 15) is 4.79 Å². The second kappa shape index (κ2) is 10.4. The third kappa shape index (κ3) is 5.28. The third-order valence-electron chi connectivity index (χ3n) is 4.99. The van der Waals surface area contributed by atoms with Gasteiger partial charge in [0, 0.05) is 35.6 Å². The Morgan fingerprint density at radius 2 is 1.58 bits per heavy atom. The van der Waals surface area contributed by atoms with Crippen molar-refractivity contribution in [2.45, 2.75) is 19.9 Å². The molecule has 0 bridgehead atoms. The van der Waals surface area contributed by atoms with E-state index >= 15 is 0 Å². The van der Waals surface area contributed by atoms with Gasteiger partial charge in [0.05, 0.1) is 21.3 Å². The fourth-order valence-electron chi connectivity index (χ4n) is 3.38. The molecule has 162 valence electrons. The first-order valence-electron chi connectivity index (χ1n) is 10.1. The van der Waals surface area contributed by atoms with Gasteiger partial charge in [0.1, 0.15) is 0 Å². The van der Waals surface area contributed by atoms with E-state index in [1.165, 1.54) is 26.9 Å². The van der Waals surface area contributed by atoms with Gasteiger partial charge in [-0.15, -0.1) is 0 Å². The van der Waals surface area contributed by atoms with E-state index in [1.54, 1.807) is 18.2 Å². The van der Waals surface area contributed by atoms with Gasteiger partial charge in [-0.25, -0.2) is 0 Å². The van der Waals surface area contributed by atoms with E-state index in [4.69, 9.17) is 14.2 Å². The summed E-state index contributed by atoms with van der Waals surface area (Å²) in [6, 6.07) is 19.2. The molecule has 0 aliphatic carbocycles. The smallest absolute Gasteiger partial charge is 0.255 e. The number of aryl methyl sites for hydroxylation is 1. The van der Waals surface area contributed by atoms with E-state index in [1.807, 2.05) is 30.3 Å². The van der Waals surface area contributed by atoms with Gasteiger partial charge in [-0.05, 0) is 35.7 Å². The number of ether oxygens (including phenoxy) is 3. The highest BCUT2D eigenvalue weighted by molar-refractivity contribution is 6.04. The van der Waals surface area contributed by atoms with Crippen LogP contribution < -0.4 is 24.8 Å². The van der Waals surface area contributed by atoms with Gasteiger partial charge >= 0.3 is 0 Å². The van der Waals surface area contributed by atoms with Crippen LogP contribution in [-0.2, 0) is 13.0 Å². The molecule has 0 heterocycles. The second-order valence-corrected chi connectivity index (χ2v) is 6.93. The Kier molecular flexibility index (Phi) is 7.38. The maximum Gasteiger partial charge on any atom is 0.255 e. The molecule has 0 saturated heterocycles. The first kappa shape index (κ1) is 22.0. The number of para-hydroxylation sites is 1. The molecule has 2 N–H and O–H groups in total. The highest BCUT2D eigenvalue weighted by Crippen LogP contribution is 2.40. The second-order valence-electron chi connectivity index (χ2n) is 6.93. The largest absolute Gasteiger partial charge is 0.493 e. The van der Waals surface area contributed by atoms with E-state index in [0.717, 1.165) is 17.7 Å². The molecular weight excluding hydrogens is 392 g/mol. The summed E-state index contributed by atoms with van der Waals surface area (Å²) in [5.74, 6) is 1.21. The Labute approximate surface area is 183 Å². The van der Waals surface area contributed by atoms with E-state index < -0.39 is 0 Å². The van der Waals surface area contributed by atoms with Crippen LogP contribution in [0.2, 0.25) is 0 Å². The molecule has 0 aliphatic heterocycles. The molecule has 6 nitrogen and oxygen atoms in total. The van der Waals surface area contributed by atoms with Crippen molar-refractivity contribution in [2.24, 2.45) is 0 Å². The fraction of sp³-hybridized carbons (Fsp3) is 0.240. The maximum atomic E-state index is 12.9. The van der Waals surface area contributed by atoms with Crippen LogP contribution in [0.25, 0.3) is 0 Å². The van der Waals surface area contributed by atoms with Gasteiger partial charge in [-0.2, -0.15) is 0 Å². The summed E-state index contributed by atoms with van der Waals surface area (Å²) in [6.45, 7) is 2.76. The number of hydrogen-bond acceptors (Lipinski definition) is 5. The maximum absolute atomic E-state index is 12.9.